The first-order valence-electron chi connectivity index (χ1n) is 6.64. The zero-order valence-corrected chi connectivity index (χ0v) is 11.4. The predicted octanol–water partition coefficient (Wildman–Crippen LogP) is 2.97. The van der Waals surface area contributed by atoms with E-state index in [0.29, 0.717) is 6.61 Å². The average molecular weight is 260 g/mol. The third kappa shape index (κ3) is 4.10. The van der Waals surface area contributed by atoms with Gasteiger partial charge < -0.3 is 14.5 Å². The lowest BCUT2D eigenvalue weighted by Gasteiger charge is -2.12. The van der Waals surface area contributed by atoms with E-state index in [4.69, 9.17) is 9.15 Å². The van der Waals surface area contributed by atoms with Gasteiger partial charge in [0.1, 0.15) is 23.9 Å². The zero-order chi connectivity index (χ0) is 13.5. The first-order valence-corrected chi connectivity index (χ1v) is 6.64. The Morgan fingerprint density at radius 1 is 1.37 bits per heavy atom. The molecule has 1 atom stereocenters. The maximum absolute atomic E-state index is 5.70. The van der Waals surface area contributed by atoms with Gasteiger partial charge in [-0.3, -0.25) is 4.98 Å². The molecule has 102 valence electrons. The van der Waals surface area contributed by atoms with Crippen LogP contribution in [-0.4, -0.2) is 18.1 Å². The Kier molecular flexibility index (Phi) is 4.98. The molecule has 2 rings (SSSR count). The molecule has 0 saturated carbocycles. The molecule has 4 nitrogen and oxygen atoms in total. The molecule has 0 saturated heterocycles. The van der Waals surface area contributed by atoms with Gasteiger partial charge >= 0.3 is 0 Å². The summed E-state index contributed by atoms with van der Waals surface area (Å²) in [6.07, 6.45) is 4.37. The monoisotopic (exact) mass is 260 g/mol. The molecule has 0 aliphatic heterocycles. The number of furan rings is 1. The molecule has 0 aromatic carbocycles. The Balaban J connectivity index is 1.70. The quantitative estimate of drug-likeness (QED) is 0.777. The van der Waals surface area contributed by atoms with Crippen LogP contribution in [0.2, 0.25) is 0 Å². The molecule has 0 bridgehead atoms. The lowest BCUT2D eigenvalue weighted by atomic mass is 10.2. The van der Waals surface area contributed by atoms with Crippen molar-refractivity contribution in [1.82, 2.24) is 10.3 Å². The van der Waals surface area contributed by atoms with Crippen molar-refractivity contribution in [2.45, 2.75) is 26.3 Å². The number of nitrogens with zero attached hydrogens (tertiary/aromatic N) is 1. The second-order valence-corrected chi connectivity index (χ2v) is 4.37. The summed E-state index contributed by atoms with van der Waals surface area (Å²) in [6.45, 7) is 5.54. The highest BCUT2D eigenvalue weighted by Crippen LogP contribution is 2.16. The number of hydrogen-bond acceptors (Lipinski definition) is 4. The third-order valence-corrected chi connectivity index (χ3v) is 2.91. The summed E-state index contributed by atoms with van der Waals surface area (Å²) < 4.78 is 11.3. The highest BCUT2D eigenvalue weighted by Gasteiger charge is 2.08. The Hall–Kier alpha value is -1.81. The Morgan fingerprint density at radius 2 is 2.26 bits per heavy atom. The average Bonchev–Trinajstić information content (AvgIpc) is 2.93. The van der Waals surface area contributed by atoms with Gasteiger partial charge in [0.2, 0.25) is 0 Å². The van der Waals surface area contributed by atoms with Crippen LogP contribution in [0.4, 0.5) is 0 Å². The van der Waals surface area contributed by atoms with Crippen molar-refractivity contribution in [3.05, 3.63) is 48.2 Å². The van der Waals surface area contributed by atoms with Crippen LogP contribution in [0.25, 0.3) is 0 Å². The van der Waals surface area contributed by atoms with Crippen LogP contribution < -0.4 is 10.1 Å². The summed E-state index contributed by atoms with van der Waals surface area (Å²) in [5.41, 5.74) is 0. The van der Waals surface area contributed by atoms with Crippen LogP contribution in [0.3, 0.4) is 0 Å². The van der Waals surface area contributed by atoms with Crippen LogP contribution in [-0.2, 0) is 6.42 Å². The van der Waals surface area contributed by atoms with Gasteiger partial charge in [0.05, 0.1) is 12.2 Å². The molecule has 19 heavy (non-hydrogen) atoms. The van der Waals surface area contributed by atoms with Gasteiger partial charge in [0.15, 0.2) is 0 Å². The van der Waals surface area contributed by atoms with E-state index in [9.17, 15) is 0 Å². The molecule has 0 amide bonds. The Morgan fingerprint density at radius 3 is 2.95 bits per heavy atom. The standard InChI is InChI=1S/C15H20N2O2/c1-3-13-6-7-15(19-13)12(2)17-9-10-18-14-5-4-8-16-11-14/h4-8,11-12,17H,3,9-10H2,1-2H3. The minimum absolute atomic E-state index is 0.192. The van der Waals surface area contributed by atoms with E-state index in [0.717, 1.165) is 30.2 Å². The van der Waals surface area contributed by atoms with Gasteiger partial charge in [-0.15, -0.1) is 0 Å². The molecule has 1 N–H and O–H groups in total. The molecule has 0 radical (unpaired) electrons. The van der Waals surface area contributed by atoms with Crippen LogP contribution >= 0.6 is 0 Å². The van der Waals surface area contributed by atoms with Gasteiger partial charge in [-0.05, 0) is 31.2 Å². The predicted molar refractivity (Wildman–Crippen MR) is 74.2 cm³/mol. The molecule has 0 aliphatic carbocycles. The van der Waals surface area contributed by atoms with Gasteiger partial charge in [-0.1, -0.05) is 6.92 Å². The van der Waals surface area contributed by atoms with E-state index >= 15 is 0 Å². The normalized spacial score (nSPS) is 12.3. The van der Waals surface area contributed by atoms with Crippen molar-refractivity contribution in [3.8, 4) is 5.75 Å². The number of rotatable bonds is 7. The molecule has 2 aromatic heterocycles. The molecule has 0 aliphatic rings. The summed E-state index contributed by atoms with van der Waals surface area (Å²) >= 11 is 0. The summed E-state index contributed by atoms with van der Waals surface area (Å²) in [6, 6.07) is 8.01. The minimum atomic E-state index is 0.192. The first-order chi connectivity index (χ1) is 9.29. The van der Waals surface area contributed by atoms with Crippen LogP contribution in [0.5, 0.6) is 5.75 Å². The summed E-state index contributed by atoms with van der Waals surface area (Å²) in [7, 11) is 0. The molecule has 4 heteroatoms. The number of hydrogen-bond donors (Lipinski definition) is 1. The highest BCUT2D eigenvalue weighted by atomic mass is 16.5. The van der Waals surface area contributed by atoms with E-state index in [2.05, 4.69) is 24.1 Å². The fourth-order valence-corrected chi connectivity index (χ4v) is 1.79. The number of pyridine rings is 1. The maximum Gasteiger partial charge on any atom is 0.137 e. The van der Waals surface area contributed by atoms with Gasteiger partial charge in [0.25, 0.3) is 0 Å². The van der Waals surface area contributed by atoms with E-state index in [1.54, 1.807) is 12.4 Å². The molecular weight excluding hydrogens is 240 g/mol. The second-order valence-electron chi connectivity index (χ2n) is 4.37. The minimum Gasteiger partial charge on any atom is -0.491 e. The smallest absolute Gasteiger partial charge is 0.137 e. The van der Waals surface area contributed by atoms with Gasteiger partial charge in [0, 0.05) is 19.2 Å². The lowest BCUT2D eigenvalue weighted by Crippen LogP contribution is -2.24. The van der Waals surface area contributed by atoms with Crippen molar-refractivity contribution in [2.24, 2.45) is 0 Å². The molecule has 0 fully saturated rings. The second kappa shape index (κ2) is 6.95. The van der Waals surface area contributed by atoms with Crippen molar-refractivity contribution in [2.75, 3.05) is 13.2 Å². The topological polar surface area (TPSA) is 47.3 Å². The van der Waals surface area contributed by atoms with E-state index in [1.165, 1.54) is 0 Å². The van der Waals surface area contributed by atoms with Crippen LogP contribution in [0, 0.1) is 0 Å². The SMILES string of the molecule is CCc1ccc(C(C)NCCOc2cccnc2)o1. The van der Waals surface area contributed by atoms with Gasteiger partial charge in [-0.25, -0.2) is 0 Å². The molecular formula is C15H20N2O2. The number of nitrogens with one attached hydrogen (secondary N) is 1. The summed E-state index contributed by atoms with van der Waals surface area (Å²) in [5, 5.41) is 3.37. The third-order valence-electron chi connectivity index (χ3n) is 2.91. The maximum atomic E-state index is 5.70. The Bertz CT molecular complexity index is 482. The van der Waals surface area contributed by atoms with Crippen LogP contribution in [0.15, 0.2) is 41.1 Å². The van der Waals surface area contributed by atoms with E-state index < -0.39 is 0 Å². The van der Waals surface area contributed by atoms with Crippen molar-refractivity contribution in [3.63, 3.8) is 0 Å². The van der Waals surface area contributed by atoms with E-state index in [1.807, 2.05) is 24.3 Å². The van der Waals surface area contributed by atoms with Gasteiger partial charge in [-0.2, -0.15) is 0 Å². The van der Waals surface area contributed by atoms with Crippen molar-refractivity contribution in [1.29, 1.82) is 0 Å². The zero-order valence-electron chi connectivity index (χ0n) is 11.4. The summed E-state index contributed by atoms with van der Waals surface area (Å²) in [5.74, 6) is 2.79. The molecule has 0 spiro atoms. The Labute approximate surface area is 113 Å². The lowest BCUT2D eigenvalue weighted by molar-refractivity contribution is 0.300. The number of ether oxygens (including phenoxy) is 1. The van der Waals surface area contributed by atoms with Crippen LogP contribution in [0.1, 0.15) is 31.4 Å². The fraction of sp³-hybridized carbons (Fsp3) is 0.400. The molecule has 2 heterocycles. The first kappa shape index (κ1) is 13.6. The number of aromatic nitrogens is 1. The van der Waals surface area contributed by atoms with E-state index in [-0.39, 0.29) is 6.04 Å². The molecule has 2 aromatic rings. The summed E-state index contributed by atoms with van der Waals surface area (Å²) in [4.78, 5) is 4.00. The largest absolute Gasteiger partial charge is 0.491 e. The number of aryl methyl sites for hydroxylation is 1. The highest BCUT2D eigenvalue weighted by molar-refractivity contribution is 5.15. The fourth-order valence-electron chi connectivity index (χ4n) is 1.79. The molecule has 1 unspecified atom stereocenters. The van der Waals surface area contributed by atoms with Crippen molar-refractivity contribution < 1.29 is 9.15 Å². The van der Waals surface area contributed by atoms with Crippen molar-refractivity contribution >= 4 is 0 Å².